The summed E-state index contributed by atoms with van der Waals surface area (Å²) in [6.07, 6.45) is 1.62. The van der Waals surface area contributed by atoms with E-state index in [2.05, 4.69) is 4.98 Å². The van der Waals surface area contributed by atoms with E-state index in [9.17, 15) is 18.4 Å². The van der Waals surface area contributed by atoms with Crippen molar-refractivity contribution in [3.63, 3.8) is 0 Å². The summed E-state index contributed by atoms with van der Waals surface area (Å²) in [6, 6.07) is 10.1. The number of halogens is 2. The summed E-state index contributed by atoms with van der Waals surface area (Å²) in [5.41, 5.74) is 0.588. The highest BCUT2D eigenvalue weighted by Gasteiger charge is 2.32. The molecule has 3 rings (SSSR count). The second-order valence-corrected chi connectivity index (χ2v) is 6.55. The van der Waals surface area contributed by atoms with Crippen LogP contribution < -0.4 is 0 Å². The van der Waals surface area contributed by atoms with E-state index in [0.717, 1.165) is 11.8 Å². The summed E-state index contributed by atoms with van der Waals surface area (Å²) >= 11 is 0. The Hall–Kier alpha value is -2.83. The molecule has 2 aromatic rings. The normalized spacial score (nSPS) is 17.7. The van der Waals surface area contributed by atoms with Crippen LogP contribution in [0.4, 0.5) is 8.78 Å². The lowest BCUT2D eigenvalue weighted by atomic mass is 10.1. The van der Waals surface area contributed by atoms with E-state index >= 15 is 0 Å². The van der Waals surface area contributed by atoms with Gasteiger partial charge >= 0.3 is 0 Å². The fraction of sp³-hybridized carbons (Fsp3) is 0.350. The van der Waals surface area contributed by atoms with Crippen LogP contribution in [-0.4, -0.2) is 45.7 Å². The minimum atomic E-state index is -0.996. The van der Waals surface area contributed by atoms with Crippen molar-refractivity contribution in [1.82, 2.24) is 14.8 Å². The lowest BCUT2D eigenvalue weighted by Gasteiger charge is -2.31. The third kappa shape index (κ3) is 4.30. The Bertz CT molecular complexity index is 829. The van der Waals surface area contributed by atoms with Gasteiger partial charge in [-0.1, -0.05) is 37.3 Å². The number of hydrogen-bond donors (Lipinski definition) is 0. The summed E-state index contributed by atoms with van der Waals surface area (Å²) in [5.74, 6) is -2.51. The van der Waals surface area contributed by atoms with Gasteiger partial charge in [-0.25, -0.2) is 13.8 Å². The summed E-state index contributed by atoms with van der Waals surface area (Å²) < 4.78 is 27.0. The first-order chi connectivity index (χ1) is 13.0. The molecule has 0 unspecified atom stereocenters. The monoisotopic (exact) mass is 373 g/mol. The van der Waals surface area contributed by atoms with Crippen molar-refractivity contribution in [2.75, 3.05) is 13.1 Å². The van der Waals surface area contributed by atoms with Crippen molar-refractivity contribution in [1.29, 1.82) is 0 Å². The molecule has 2 amide bonds. The van der Waals surface area contributed by atoms with E-state index in [1.165, 1.54) is 4.90 Å². The molecule has 0 saturated carbocycles. The molecule has 27 heavy (non-hydrogen) atoms. The number of nitrogens with zero attached hydrogens (tertiary/aromatic N) is 3. The predicted molar refractivity (Wildman–Crippen MR) is 95.7 cm³/mol. The largest absolute Gasteiger partial charge is 0.335 e. The lowest BCUT2D eigenvalue weighted by molar-refractivity contribution is -0.133. The maximum Gasteiger partial charge on any atom is 0.275 e. The molecule has 1 saturated heterocycles. The van der Waals surface area contributed by atoms with E-state index in [-0.39, 0.29) is 31.5 Å². The molecule has 142 valence electrons. The molecule has 1 aliphatic rings. The highest BCUT2D eigenvalue weighted by molar-refractivity contribution is 5.93. The van der Waals surface area contributed by atoms with Crippen molar-refractivity contribution in [3.05, 3.63) is 65.5 Å². The quantitative estimate of drug-likeness (QED) is 0.828. The van der Waals surface area contributed by atoms with Gasteiger partial charge in [-0.2, -0.15) is 0 Å². The van der Waals surface area contributed by atoms with Crippen LogP contribution in [0.1, 0.15) is 35.8 Å². The number of carbonyl (C=O) groups is 2. The highest BCUT2D eigenvalue weighted by atomic mass is 19.1. The van der Waals surface area contributed by atoms with Gasteiger partial charge < -0.3 is 9.80 Å². The zero-order chi connectivity index (χ0) is 19.4. The maximum absolute atomic E-state index is 13.9. The topological polar surface area (TPSA) is 53.5 Å². The fourth-order valence-corrected chi connectivity index (χ4v) is 3.28. The Labute approximate surface area is 156 Å². The Morgan fingerprint density at radius 2 is 2.00 bits per heavy atom. The molecule has 1 aromatic carbocycles. The molecule has 1 aliphatic heterocycles. The first-order valence-electron chi connectivity index (χ1n) is 8.93. The third-order valence-corrected chi connectivity index (χ3v) is 4.75. The smallest absolute Gasteiger partial charge is 0.275 e. The average Bonchev–Trinajstić information content (AvgIpc) is 2.82. The van der Waals surface area contributed by atoms with Gasteiger partial charge in [-0.05, 0) is 12.0 Å². The molecule has 1 fully saturated rings. The molecule has 0 radical (unpaired) electrons. The Morgan fingerprint density at radius 3 is 2.67 bits per heavy atom. The van der Waals surface area contributed by atoms with Crippen LogP contribution in [0.3, 0.4) is 0 Å². The highest BCUT2D eigenvalue weighted by Crippen LogP contribution is 2.19. The predicted octanol–water partition coefficient (Wildman–Crippen LogP) is 3.01. The van der Waals surface area contributed by atoms with Gasteiger partial charge in [0.1, 0.15) is 5.82 Å². The van der Waals surface area contributed by atoms with Crippen LogP contribution >= 0.6 is 0 Å². The molecular formula is C20H21F2N3O2. The Kier molecular flexibility index (Phi) is 5.78. The molecule has 0 bridgehead atoms. The number of hydrogen-bond acceptors (Lipinski definition) is 3. The molecule has 0 aliphatic carbocycles. The summed E-state index contributed by atoms with van der Waals surface area (Å²) in [5, 5.41) is 0. The van der Waals surface area contributed by atoms with Gasteiger partial charge in [0.2, 0.25) is 5.91 Å². The standard InChI is InChI=1S/C20H21F2N3O2/c1-2-16-13-24(20(27)19-17(22)10-15(21)11-23-19)9-8-18(26)25(16)12-14-6-4-3-5-7-14/h3-7,10-11,16H,2,8-9,12-13H2,1H3/t16-/m1/s1. The van der Waals surface area contributed by atoms with Gasteiger partial charge in [0.15, 0.2) is 11.5 Å². The minimum absolute atomic E-state index is 0.0476. The molecule has 7 heteroatoms. The molecule has 0 spiro atoms. The molecule has 1 aromatic heterocycles. The van der Waals surface area contributed by atoms with Crippen molar-refractivity contribution >= 4 is 11.8 Å². The van der Waals surface area contributed by atoms with Gasteiger partial charge in [0, 0.05) is 38.2 Å². The van der Waals surface area contributed by atoms with Crippen LogP contribution in [0.15, 0.2) is 42.6 Å². The van der Waals surface area contributed by atoms with Gasteiger partial charge in [-0.3, -0.25) is 9.59 Å². The van der Waals surface area contributed by atoms with Crippen molar-refractivity contribution < 1.29 is 18.4 Å². The lowest BCUT2D eigenvalue weighted by Crippen LogP contribution is -2.44. The number of rotatable bonds is 4. The second-order valence-electron chi connectivity index (χ2n) is 6.55. The zero-order valence-electron chi connectivity index (χ0n) is 15.1. The van der Waals surface area contributed by atoms with E-state index in [4.69, 9.17) is 0 Å². The maximum atomic E-state index is 13.9. The van der Waals surface area contributed by atoms with Crippen molar-refractivity contribution in [3.8, 4) is 0 Å². The van der Waals surface area contributed by atoms with Crippen LogP contribution in [-0.2, 0) is 11.3 Å². The van der Waals surface area contributed by atoms with Gasteiger partial charge in [0.25, 0.3) is 5.91 Å². The first-order valence-corrected chi connectivity index (χ1v) is 8.93. The zero-order valence-corrected chi connectivity index (χ0v) is 15.1. The SMILES string of the molecule is CC[C@@H]1CN(C(=O)c2ncc(F)cc2F)CCC(=O)N1Cc1ccccc1. The van der Waals surface area contributed by atoms with E-state index in [1.807, 2.05) is 37.3 Å². The van der Waals surface area contributed by atoms with E-state index < -0.39 is 23.2 Å². The number of benzene rings is 1. The van der Waals surface area contributed by atoms with E-state index in [0.29, 0.717) is 19.0 Å². The third-order valence-electron chi connectivity index (χ3n) is 4.75. The summed E-state index contributed by atoms with van der Waals surface area (Å²) in [6.45, 7) is 2.87. The molecule has 1 atom stereocenters. The fourth-order valence-electron chi connectivity index (χ4n) is 3.28. The van der Waals surface area contributed by atoms with Crippen LogP contribution in [0.25, 0.3) is 0 Å². The van der Waals surface area contributed by atoms with Gasteiger partial charge in [-0.15, -0.1) is 0 Å². The molecule has 2 heterocycles. The van der Waals surface area contributed by atoms with Gasteiger partial charge in [0.05, 0.1) is 6.20 Å². The number of amides is 2. The Balaban J connectivity index is 1.80. The number of aromatic nitrogens is 1. The van der Waals surface area contributed by atoms with Crippen molar-refractivity contribution in [2.24, 2.45) is 0 Å². The average molecular weight is 373 g/mol. The van der Waals surface area contributed by atoms with Crippen molar-refractivity contribution in [2.45, 2.75) is 32.4 Å². The van der Waals surface area contributed by atoms with Crippen LogP contribution in [0.5, 0.6) is 0 Å². The summed E-state index contributed by atoms with van der Waals surface area (Å²) in [4.78, 5) is 32.1. The van der Waals surface area contributed by atoms with Crippen LogP contribution in [0.2, 0.25) is 0 Å². The summed E-state index contributed by atoms with van der Waals surface area (Å²) in [7, 11) is 0. The second kappa shape index (κ2) is 8.24. The Morgan fingerprint density at radius 1 is 1.26 bits per heavy atom. The number of carbonyl (C=O) groups excluding carboxylic acids is 2. The number of pyridine rings is 1. The molecular weight excluding hydrogens is 352 g/mol. The van der Waals surface area contributed by atoms with Crippen LogP contribution in [0, 0.1) is 11.6 Å². The van der Waals surface area contributed by atoms with E-state index in [1.54, 1.807) is 4.90 Å². The molecule has 5 nitrogen and oxygen atoms in total. The molecule has 0 N–H and O–H groups in total. The minimum Gasteiger partial charge on any atom is -0.335 e. The first kappa shape index (κ1) is 18.9.